The highest BCUT2D eigenvalue weighted by atomic mass is 16.6. The molecule has 0 bridgehead atoms. The number of fused-ring (bicyclic) bond motifs is 1. The molecule has 1 N–H and O–H groups in total. The predicted molar refractivity (Wildman–Crippen MR) is 134 cm³/mol. The number of benzene rings is 2. The maximum absolute atomic E-state index is 13.7. The lowest BCUT2D eigenvalue weighted by atomic mass is 9.77. The van der Waals surface area contributed by atoms with Crippen LogP contribution in [0.3, 0.4) is 0 Å². The third-order valence-corrected chi connectivity index (χ3v) is 6.95. The first kappa shape index (κ1) is 24.0. The molecular weight excluding hydrogens is 458 g/mol. The fourth-order valence-corrected chi connectivity index (χ4v) is 5.28. The zero-order valence-corrected chi connectivity index (χ0v) is 20.5. The number of carbonyl (C=O) groups is 2. The molecule has 2 unspecified atom stereocenters. The van der Waals surface area contributed by atoms with E-state index in [0.717, 1.165) is 24.2 Å². The van der Waals surface area contributed by atoms with E-state index in [-0.39, 0.29) is 42.1 Å². The van der Waals surface area contributed by atoms with Gasteiger partial charge in [-0.15, -0.1) is 0 Å². The third-order valence-electron chi connectivity index (χ3n) is 6.95. The van der Waals surface area contributed by atoms with Gasteiger partial charge in [-0.3, -0.25) is 9.78 Å². The van der Waals surface area contributed by atoms with Gasteiger partial charge in [0.2, 0.25) is 0 Å². The van der Waals surface area contributed by atoms with Gasteiger partial charge in [0.05, 0.1) is 30.2 Å². The van der Waals surface area contributed by atoms with Crippen LogP contribution in [0.25, 0.3) is 11.1 Å². The number of hydrogen-bond donors (Lipinski definition) is 1. The second kappa shape index (κ2) is 10.1. The number of phenols is 1. The molecule has 2 heterocycles. The van der Waals surface area contributed by atoms with Gasteiger partial charge in [-0.1, -0.05) is 30.3 Å². The van der Waals surface area contributed by atoms with Crippen molar-refractivity contribution in [2.45, 2.75) is 44.6 Å². The first-order chi connectivity index (χ1) is 17.5. The SMILES string of the molecule is COc1ccccc1C1CC(=O)c2c(nc(C)c(C(=O)OCC3CCCO3)c2-c2cccc(O)c2)C1. The number of ether oxygens (including phenoxy) is 3. The topological polar surface area (TPSA) is 95.0 Å². The summed E-state index contributed by atoms with van der Waals surface area (Å²) >= 11 is 0. The molecule has 1 fully saturated rings. The molecule has 2 aromatic carbocycles. The fourth-order valence-electron chi connectivity index (χ4n) is 5.28. The number of aromatic nitrogens is 1. The molecule has 5 rings (SSSR count). The molecule has 0 spiro atoms. The highest BCUT2D eigenvalue weighted by Gasteiger charge is 2.35. The molecule has 7 heteroatoms. The van der Waals surface area contributed by atoms with Crippen molar-refractivity contribution in [3.05, 3.63) is 76.6 Å². The van der Waals surface area contributed by atoms with Crippen LogP contribution in [0.5, 0.6) is 11.5 Å². The lowest BCUT2D eigenvalue weighted by Gasteiger charge is -2.28. The molecule has 2 atom stereocenters. The van der Waals surface area contributed by atoms with Gasteiger partial charge in [0, 0.05) is 30.1 Å². The summed E-state index contributed by atoms with van der Waals surface area (Å²) in [5, 5.41) is 10.2. The monoisotopic (exact) mass is 487 g/mol. The summed E-state index contributed by atoms with van der Waals surface area (Å²) < 4.78 is 16.8. The standard InChI is InChI=1S/C29H29NO6/c1-17-26(29(33)36-16-21-9-6-12-35-21)27(18-7-5-8-20(31)13-18)28-23(30-17)14-19(15-24(28)32)22-10-3-4-11-25(22)34-2/h3-5,7-8,10-11,13,19,21,31H,6,9,12,14-16H2,1-2H3. The number of nitrogens with zero attached hydrogens (tertiary/aromatic N) is 1. The lowest BCUT2D eigenvalue weighted by Crippen LogP contribution is -2.25. The van der Waals surface area contributed by atoms with E-state index < -0.39 is 5.97 Å². The zero-order chi connectivity index (χ0) is 25.2. The van der Waals surface area contributed by atoms with Crippen molar-refractivity contribution in [1.82, 2.24) is 4.98 Å². The molecule has 0 radical (unpaired) electrons. The van der Waals surface area contributed by atoms with Crippen molar-refractivity contribution >= 4 is 11.8 Å². The predicted octanol–water partition coefficient (Wildman–Crippen LogP) is 5.02. The van der Waals surface area contributed by atoms with Gasteiger partial charge in [0.25, 0.3) is 0 Å². The van der Waals surface area contributed by atoms with Crippen molar-refractivity contribution in [2.75, 3.05) is 20.3 Å². The van der Waals surface area contributed by atoms with Crippen molar-refractivity contribution in [1.29, 1.82) is 0 Å². The number of methoxy groups -OCH3 is 1. The van der Waals surface area contributed by atoms with Gasteiger partial charge in [0.1, 0.15) is 18.1 Å². The number of Topliss-reactive ketones (excluding diaryl/α,β-unsaturated/α-hetero) is 1. The molecule has 2 aliphatic rings. The number of ketones is 1. The molecule has 0 saturated carbocycles. The Balaban J connectivity index is 1.60. The molecule has 1 aliphatic carbocycles. The van der Waals surface area contributed by atoms with Crippen LogP contribution in [0, 0.1) is 6.92 Å². The Hall–Kier alpha value is -3.71. The Kier molecular flexibility index (Phi) is 6.74. The van der Waals surface area contributed by atoms with Crippen LogP contribution < -0.4 is 4.74 Å². The van der Waals surface area contributed by atoms with E-state index in [1.807, 2.05) is 24.3 Å². The van der Waals surface area contributed by atoms with E-state index in [9.17, 15) is 14.7 Å². The number of aryl methyl sites for hydroxylation is 1. The van der Waals surface area contributed by atoms with Gasteiger partial charge in [-0.05, 0) is 55.5 Å². The van der Waals surface area contributed by atoms with E-state index in [1.54, 1.807) is 38.3 Å². The summed E-state index contributed by atoms with van der Waals surface area (Å²) in [7, 11) is 1.62. The van der Waals surface area contributed by atoms with Crippen LogP contribution in [0.1, 0.15) is 62.8 Å². The fraction of sp³-hybridized carbons (Fsp3) is 0.345. The van der Waals surface area contributed by atoms with E-state index in [0.29, 0.717) is 41.1 Å². The summed E-state index contributed by atoms with van der Waals surface area (Å²) in [4.78, 5) is 31.8. The van der Waals surface area contributed by atoms with Crippen LogP contribution in [0.15, 0.2) is 48.5 Å². The zero-order valence-electron chi connectivity index (χ0n) is 20.5. The Morgan fingerprint density at radius 1 is 1.14 bits per heavy atom. The van der Waals surface area contributed by atoms with E-state index in [4.69, 9.17) is 19.2 Å². The third kappa shape index (κ3) is 4.58. The Morgan fingerprint density at radius 3 is 2.72 bits per heavy atom. The summed E-state index contributed by atoms with van der Waals surface area (Å²) in [6.45, 7) is 2.57. The quantitative estimate of drug-likeness (QED) is 0.488. The number of carbonyl (C=O) groups excluding carboxylic acids is 2. The van der Waals surface area contributed by atoms with Crippen LogP contribution in [0.2, 0.25) is 0 Å². The van der Waals surface area contributed by atoms with Crippen molar-refractivity contribution in [3.63, 3.8) is 0 Å². The van der Waals surface area contributed by atoms with Gasteiger partial charge in [-0.25, -0.2) is 4.79 Å². The van der Waals surface area contributed by atoms with Gasteiger partial charge >= 0.3 is 5.97 Å². The molecule has 186 valence electrons. The van der Waals surface area contributed by atoms with Gasteiger partial charge < -0.3 is 19.3 Å². The number of pyridine rings is 1. The second-order valence-electron chi connectivity index (χ2n) is 9.32. The smallest absolute Gasteiger partial charge is 0.340 e. The van der Waals surface area contributed by atoms with Crippen molar-refractivity contribution < 1.29 is 28.9 Å². The van der Waals surface area contributed by atoms with E-state index in [1.165, 1.54) is 0 Å². The molecule has 3 aromatic rings. The summed E-state index contributed by atoms with van der Waals surface area (Å²) in [6.07, 6.45) is 2.45. The highest BCUT2D eigenvalue weighted by molar-refractivity contribution is 6.10. The summed E-state index contributed by atoms with van der Waals surface area (Å²) in [5.74, 6) is 0.0346. The molecule has 1 saturated heterocycles. The minimum Gasteiger partial charge on any atom is -0.508 e. The number of para-hydroxylation sites is 1. The first-order valence-electron chi connectivity index (χ1n) is 12.2. The molecule has 36 heavy (non-hydrogen) atoms. The van der Waals surface area contributed by atoms with E-state index >= 15 is 0 Å². The average Bonchev–Trinajstić information content (AvgIpc) is 3.40. The van der Waals surface area contributed by atoms with Crippen LogP contribution in [-0.2, 0) is 15.9 Å². The summed E-state index contributed by atoms with van der Waals surface area (Å²) in [6, 6.07) is 14.3. The molecule has 0 amide bonds. The number of aromatic hydroxyl groups is 1. The van der Waals surface area contributed by atoms with Crippen molar-refractivity contribution in [2.24, 2.45) is 0 Å². The molecule has 1 aliphatic heterocycles. The Morgan fingerprint density at radius 2 is 1.97 bits per heavy atom. The first-order valence-corrected chi connectivity index (χ1v) is 12.2. The molecule has 1 aromatic heterocycles. The number of esters is 1. The van der Waals surface area contributed by atoms with Gasteiger partial charge in [-0.2, -0.15) is 0 Å². The molecule has 7 nitrogen and oxygen atoms in total. The lowest BCUT2D eigenvalue weighted by molar-refractivity contribution is 0.0161. The van der Waals surface area contributed by atoms with Crippen LogP contribution in [0.4, 0.5) is 0 Å². The largest absolute Gasteiger partial charge is 0.508 e. The minimum atomic E-state index is -0.545. The molecular formula is C29H29NO6. The highest BCUT2D eigenvalue weighted by Crippen LogP contribution is 2.42. The number of phenolic OH excluding ortho intramolecular Hbond substituents is 1. The number of rotatable bonds is 6. The van der Waals surface area contributed by atoms with Crippen molar-refractivity contribution in [3.8, 4) is 22.6 Å². The number of hydrogen-bond acceptors (Lipinski definition) is 7. The Bertz CT molecular complexity index is 1310. The normalized spacial score (nSPS) is 19.1. The minimum absolute atomic E-state index is 0.0459. The maximum Gasteiger partial charge on any atom is 0.340 e. The van der Waals surface area contributed by atoms with E-state index in [2.05, 4.69) is 0 Å². The average molecular weight is 488 g/mol. The van der Waals surface area contributed by atoms with Crippen LogP contribution >= 0.6 is 0 Å². The maximum atomic E-state index is 13.7. The van der Waals surface area contributed by atoms with Gasteiger partial charge in [0.15, 0.2) is 5.78 Å². The second-order valence-corrected chi connectivity index (χ2v) is 9.32. The Labute approximate surface area is 210 Å². The summed E-state index contributed by atoms with van der Waals surface area (Å²) in [5.41, 5.74) is 3.78. The van der Waals surface area contributed by atoms with Crippen LogP contribution in [-0.4, -0.2) is 48.3 Å².